The average molecular weight is 360 g/mol. The lowest BCUT2D eigenvalue weighted by Crippen LogP contribution is -2.61. The van der Waals surface area contributed by atoms with Crippen LogP contribution < -0.4 is 10.1 Å². The minimum atomic E-state index is -0.254. The van der Waals surface area contributed by atoms with E-state index in [-0.39, 0.29) is 29.6 Å². The molecular formula is C22H33NO3. The standard InChI is InChI=1S/C22H33NO3/c1-14(2)21(24)23-22(4)13-20(16-8-6-7-9-18(16)25-5)26-19-12-15(3)10-11-17(19)22/h6-9,14-15,17,19-20H,10-13H2,1-5H3,(H,23,24)/t15-,17-,19-,20-,22-/m1/s1. The maximum absolute atomic E-state index is 12.5. The fraction of sp³-hybridized carbons (Fsp3) is 0.682. The van der Waals surface area contributed by atoms with Crippen LogP contribution in [0.25, 0.3) is 0 Å². The molecule has 1 saturated heterocycles. The zero-order valence-electron chi connectivity index (χ0n) is 16.7. The molecule has 1 aromatic carbocycles. The summed E-state index contributed by atoms with van der Waals surface area (Å²) in [5, 5.41) is 3.39. The van der Waals surface area contributed by atoms with Crippen LogP contribution in [0.1, 0.15) is 65.0 Å². The van der Waals surface area contributed by atoms with Gasteiger partial charge in [-0.1, -0.05) is 45.4 Å². The Hall–Kier alpha value is -1.55. The zero-order chi connectivity index (χ0) is 18.9. The molecule has 3 rings (SSSR count). The molecule has 1 aliphatic carbocycles. The van der Waals surface area contributed by atoms with Gasteiger partial charge in [-0.15, -0.1) is 0 Å². The Labute approximate surface area is 157 Å². The van der Waals surface area contributed by atoms with Gasteiger partial charge in [0.1, 0.15) is 5.75 Å². The number of amides is 1. The monoisotopic (exact) mass is 359 g/mol. The van der Waals surface area contributed by atoms with Gasteiger partial charge in [0.2, 0.25) is 5.91 Å². The van der Waals surface area contributed by atoms with Crippen LogP contribution in [0.4, 0.5) is 0 Å². The maximum Gasteiger partial charge on any atom is 0.222 e. The van der Waals surface area contributed by atoms with Crippen LogP contribution >= 0.6 is 0 Å². The number of nitrogens with one attached hydrogen (secondary N) is 1. The van der Waals surface area contributed by atoms with Gasteiger partial charge in [-0.25, -0.2) is 0 Å². The number of carbonyl (C=O) groups is 1. The second-order valence-electron chi connectivity index (χ2n) is 8.70. The molecule has 1 amide bonds. The Morgan fingerprint density at radius 1 is 1.31 bits per heavy atom. The third-order valence-electron chi connectivity index (χ3n) is 6.24. The zero-order valence-corrected chi connectivity index (χ0v) is 16.7. The highest BCUT2D eigenvalue weighted by Gasteiger charge is 2.49. The van der Waals surface area contributed by atoms with E-state index in [0.29, 0.717) is 11.8 Å². The Morgan fingerprint density at radius 3 is 2.73 bits per heavy atom. The van der Waals surface area contributed by atoms with Gasteiger partial charge < -0.3 is 14.8 Å². The van der Waals surface area contributed by atoms with Crippen molar-refractivity contribution in [2.45, 2.75) is 71.1 Å². The first-order chi connectivity index (χ1) is 12.3. The molecule has 1 aliphatic heterocycles. The summed E-state index contributed by atoms with van der Waals surface area (Å²) in [5.74, 6) is 2.01. The van der Waals surface area contributed by atoms with E-state index < -0.39 is 0 Å². The molecule has 0 bridgehead atoms. The second-order valence-corrected chi connectivity index (χ2v) is 8.70. The van der Waals surface area contributed by atoms with E-state index in [2.05, 4.69) is 25.2 Å². The van der Waals surface area contributed by atoms with Crippen molar-refractivity contribution in [3.05, 3.63) is 29.8 Å². The molecule has 0 aromatic heterocycles. The first kappa shape index (κ1) is 19.2. The van der Waals surface area contributed by atoms with E-state index in [0.717, 1.165) is 30.6 Å². The Bertz CT molecular complexity index is 644. The molecule has 0 unspecified atom stereocenters. The summed E-state index contributed by atoms with van der Waals surface area (Å²) >= 11 is 0. The number of benzene rings is 1. The van der Waals surface area contributed by atoms with Gasteiger partial charge in [0.15, 0.2) is 0 Å². The summed E-state index contributed by atoms with van der Waals surface area (Å²) in [7, 11) is 1.70. The van der Waals surface area contributed by atoms with Gasteiger partial charge in [0.05, 0.1) is 19.3 Å². The minimum Gasteiger partial charge on any atom is -0.496 e. The third-order valence-corrected chi connectivity index (χ3v) is 6.24. The molecule has 0 spiro atoms. The number of para-hydroxylation sites is 1. The Morgan fingerprint density at radius 2 is 2.04 bits per heavy atom. The smallest absolute Gasteiger partial charge is 0.222 e. The van der Waals surface area contributed by atoms with Crippen molar-refractivity contribution in [2.24, 2.45) is 17.8 Å². The van der Waals surface area contributed by atoms with Crippen molar-refractivity contribution in [1.29, 1.82) is 0 Å². The number of hydrogen-bond donors (Lipinski definition) is 1. The van der Waals surface area contributed by atoms with Crippen LogP contribution in [0.3, 0.4) is 0 Å². The SMILES string of the molecule is COc1ccccc1[C@H]1C[C@@](C)(NC(=O)C(C)C)[C@@H]2CC[C@@H](C)C[C@H]2O1. The summed E-state index contributed by atoms with van der Waals surface area (Å²) < 4.78 is 12.2. The summed E-state index contributed by atoms with van der Waals surface area (Å²) in [6.45, 7) is 8.43. The van der Waals surface area contributed by atoms with Crippen molar-refractivity contribution in [3.8, 4) is 5.75 Å². The Balaban J connectivity index is 1.92. The lowest BCUT2D eigenvalue weighted by Gasteiger charge is -2.52. The van der Waals surface area contributed by atoms with Crippen LogP contribution in [0, 0.1) is 17.8 Å². The van der Waals surface area contributed by atoms with Crippen molar-refractivity contribution in [2.75, 3.05) is 7.11 Å². The highest BCUT2D eigenvalue weighted by atomic mass is 16.5. The van der Waals surface area contributed by atoms with Gasteiger partial charge in [0, 0.05) is 29.4 Å². The van der Waals surface area contributed by atoms with E-state index in [9.17, 15) is 4.79 Å². The van der Waals surface area contributed by atoms with Crippen LogP contribution in [-0.2, 0) is 9.53 Å². The fourth-order valence-corrected chi connectivity index (χ4v) is 4.69. The largest absolute Gasteiger partial charge is 0.496 e. The summed E-state index contributed by atoms with van der Waals surface area (Å²) in [5.41, 5.74) is 0.826. The van der Waals surface area contributed by atoms with E-state index in [1.54, 1.807) is 7.11 Å². The number of rotatable bonds is 4. The second kappa shape index (κ2) is 7.59. The average Bonchev–Trinajstić information content (AvgIpc) is 2.60. The summed E-state index contributed by atoms with van der Waals surface area (Å²) in [6.07, 6.45) is 4.27. The summed E-state index contributed by atoms with van der Waals surface area (Å²) in [4.78, 5) is 12.5. The highest BCUT2D eigenvalue weighted by Crippen LogP contribution is 2.49. The van der Waals surface area contributed by atoms with E-state index >= 15 is 0 Å². The minimum absolute atomic E-state index is 0.0136. The van der Waals surface area contributed by atoms with Crippen molar-refractivity contribution >= 4 is 5.91 Å². The maximum atomic E-state index is 12.5. The number of hydrogen-bond acceptors (Lipinski definition) is 3. The van der Waals surface area contributed by atoms with Crippen LogP contribution in [-0.4, -0.2) is 24.7 Å². The first-order valence-corrected chi connectivity index (χ1v) is 9.94. The number of ether oxygens (including phenoxy) is 2. The molecule has 5 atom stereocenters. The molecule has 1 aromatic rings. The van der Waals surface area contributed by atoms with E-state index in [1.165, 1.54) is 6.42 Å². The van der Waals surface area contributed by atoms with Gasteiger partial charge in [-0.05, 0) is 31.7 Å². The normalized spacial score (nSPS) is 34.2. The quantitative estimate of drug-likeness (QED) is 0.861. The number of fused-ring (bicyclic) bond motifs is 1. The van der Waals surface area contributed by atoms with Gasteiger partial charge in [-0.3, -0.25) is 4.79 Å². The van der Waals surface area contributed by atoms with Gasteiger partial charge in [-0.2, -0.15) is 0 Å². The molecule has 4 nitrogen and oxygen atoms in total. The molecule has 144 valence electrons. The third kappa shape index (κ3) is 3.75. The van der Waals surface area contributed by atoms with E-state index in [4.69, 9.17) is 9.47 Å². The number of carbonyl (C=O) groups excluding carboxylic acids is 1. The molecule has 26 heavy (non-hydrogen) atoms. The van der Waals surface area contributed by atoms with Crippen LogP contribution in [0.15, 0.2) is 24.3 Å². The molecule has 4 heteroatoms. The van der Waals surface area contributed by atoms with Crippen molar-refractivity contribution in [1.82, 2.24) is 5.32 Å². The molecule has 1 heterocycles. The predicted molar refractivity (Wildman–Crippen MR) is 103 cm³/mol. The topological polar surface area (TPSA) is 47.6 Å². The lowest BCUT2D eigenvalue weighted by molar-refractivity contribution is -0.155. The first-order valence-electron chi connectivity index (χ1n) is 9.94. The molecule has 1 N–H and O–H groups in total. The van der Waals surface area contributed by atoms with Crippen molar-refractivity contribution in [3.63, 3.8) is 0 Å². The lowest BCUT2D eigenvalue weighted by atomic mass is 9.66. The van der Waals surface area contributed by atoms with E-state index in [1.807, 2.05) is 32.0 Å². The Kier molecular flexibility index (Phi) is 5.61. The van der Waals surface area contributed by atoms with Crippen LogP contribution in [0.2, 0.25) is 0 Å². The van der Waals surface area contributed by atoms with Crippen molar-refractivity contribution < 1.29 is 14.3 Å². The highest BCUT2D eigenvalue weighted by molar-refractivity contribution is 5.78. The molecule has 2 fully saturated rings. The van der Waals surface area contributed by atoms with Gasteiger partial charge in [0.25, 0.3) is 0 Å². The van der Waals surface area contributed by atoms with Crippen LogP contribution in [0.5, 0.6) is 5.75 Å². The van der Waals surface area contributed by atoms with Gasteiger partial charge >= 0.3 is 0 Å². The molecule has 0 radical (unpaired) electrons. The molecular weight excluding hydrogens is 326 g/mol. The molecule has 1 saturated carbocycles. The summed E-state index contributed by atoms with van der Waals surface area (Å²) in [6, 6.07) is 8.08. The fourth-order valence-electron chi connectivity index (χ4n) is 4.69. The number of methoxy groups -OCH3 is 1. The molecule has 2 aliphatic rings. The predicted octanol–water partition coefficient (Wildman–Crippen LogP) is 4.49.